The third-order valence-corrected chi connectivity index (χ3v) is 6.32. The van der Waals surface area contributed by atoms with Crippen LogP contribution in [0.3, 0.4) is 0 Å². The van der Waals surface area contributed by atoms with Crippen LogP contribution in [0.2, 0.25) is 0 Å². The Morgan fingerprint density at radius 1 is 1.06 bits per heavy atom. The second-order valence-corrected chi connectivity index (χ2v) is 9.01. The largest absolute Gasteiger partial charge is 0.480 e. The lowest BCUT2D eigenvalue weighted by Crippen LogP contribution is -2.41. The number of aromatic nitrogens is 2. The zero-order chi connectivity index (χ0) is 24.3. The van der Waals surface area contributed by atoms with Crippen molar-refractivity contribution in [2.75, 3.05) is 5.75 Å². The van der Waals surface area contributed by atoms with Crippen molar-refractivity contribution < 1.29 is 14.7 Å². The number of rotatable bonds is 13. The number of imidazole rings is 1. The number of carboxylic acids is 1. The summed E-state index contributed by atoms with van der Waals surface area (Å²) in [5, 5.41) is 12.4. The van der Waals surface area contributed by atoms with E-state index < -0.39 is 12.0 Å². The summed E-state index contributed by atoms with van der Waals surface area (Å²) in [7, 11) is 0. The summed E-state index contributed by atoms with van der Waals surface area (Å²) >= 11 is 4.21. The minimum atomic E-state index is -1.00. The number of aliphatic carboxylic acids is 1. The number of nitrogens with one attached hydrogen (secondary N) is 2. The Labute approximate surface area is 206 Å². The second kappa shape index (κ2) is 13.0. The topological polar surface area (TPSA) is 95.1 Å². The number of benzene rings is 2. The van der Waals surface area contributed by atoms with E-state index in [2.05, 4.69) is 27.9 Å². The van der Waals surface area contributed by atoms with E-state index >= 15 is 0 Å². The SMILES string of the molecule is Cc1ccccc1-c1cc(CCc2cnc[nH]2)ccc1C(=O)NC(CCCCCCS)C(=O)O. The third kappa shape index (κ3) is 7.22. The highest BCUT2D eigenvalue weighted by Crippen LogP contribution is 2.29. The van der Waals surface area contributed by atoms with Crippen molar-refractivity contribution in [3.8, 4) is 11.1 Å². The minimum absolute atomic E-state index is 0.360. The predicted molar refractivity (Wildman–Crippen MR) is 138 cm³/mol. The number of carboxylic acid groups (broad SMARTS) is 1. The van der Waals surface area contributed by atoms with Gasteiger partial charge in [0, 0.05) is 17.5 Å². The molecule has 0 spiro atoms. The maximum atomic E-state index is 13.3. The molecule has 0 fully saturated rings. The van der Waals surface area contributed by atoms with Gasteiger partial charge in [0.05, 0.1) is 6.33 Å². The van der Waals surface area contributed by atoms with E-state index in [-0.39, 0.29) is 5.91 Å². The molecule has 3 aromatic rings. The average Bonchev–Trinajstić information content (AvgIpc) is 3.35. The molecule has 1 heterocycles. The van der Waals surface area contributed by atoms with E-state index in [0.29, 0.717) is 12.0 Å². The van der Waals surface area contributed by atoms with E-state index in [0.717, 1.165) is 72.2 Å². The molecule has 0 bridgehead atoms. The Balaban J connectivity index is 1.81. The first-order chi connectivity index (χ1) is 16.5. The number of aryl methyl sites for hydroxylation is 3. The van der Waals surface area contributed by atoms with Gasteiger partial charge in [-0.05, 0) is 66.7 Å². The molecule has 1 aromatic heterocycles. The van der Waals surface area contributed by atoms with Crippen LogP contribution in [0.5, 0.6) is 0 Å². The highest BCUT2D eigenvalue weighted by molar-refractivity contribution is 7.80. The first kappa shape index (κ1) is 25.6. The van der Waals surface area contributed by atoms with Gasteiger partial charge < -0.3 is 15.4 Å². The van der Waals surface area contributed by atoms with Gasteiger partial charge in [0.25, 0.3) is 5.91 Å². The van der Waals surface area contributed by atoms with Crippen molar-refractivity contribution in [2.24, 2.45) is 0 Å². The van der Waals surface area contributed by atoms with Crippen molar-refractivity contribution in [1.82, 2.24) is 15.3 Å². The second-order valence-electron chi connectivity index (χ2n) is 8.56. The lowest BCUT2D eigenvalue weighted by molar-refractivity contribution is -0.139. The van der Waals surface area contributed by atoms with Gasteiger partial charge in [0.15, 0.2) is 0 Å². The summed E-state index contributed by atoms with van der Waals surface area (Å²) in [6.07, 6.45) is 9.22. The predicted octanol–water partition coefficient (Wildman–Crippen LogP) is 5.23. The molecule has 0 aliphatic rings. The highest BCUT2D eigenvalue weighted by Gasteiger charge is 2.22. The van der Waals surface area contributed by atoms with Gasteiger partial charge in [-0.25, -0.2) is 9.78 Å². The van der Waals surface area contributed by atoms with Crippen LogP contribution in [-0.4, -0.2) is 38.7 Å². The molecule has 7 heteroatoms. The Bertz CT molecular complexity index is 1080. The molecule has 6 nitrogen and oxygen atoms in total. The van der Waals surface area contributed by atoms with E-state index in [1.165, 1.54) is 0 Å². The number of carbonyl (C=O) groups is 2. The number of amides is 1. The molecular weight excluding hydrogens is 446 g/mol. The summed E-state index contributed by atoms with van der Waals surface area (Å²) in [5.41, 5.74) is 5.48. The average molecular weight is 480 g/mol. The Morgan fingerprint density at radius 3 is 2.56 bits per heavy atom. The molecule has 2 aromatic carbocycles. The van der Waals surface area contributed by atoms with Crippen LogP contribution in [0.4, 0.5) is 0 Å². The highest BCUT2D eigenvalue weighted by atomic mass is 32.1. The van der Waals surface area contributed by atoms with Gasteiger partial charge >= 0.3 is 5.97 Å². The van der Waals surface area contributed by atoms with Crippen LogP contribution in [0.15, 0.2) is 55.0 Å². The first-order valence-electron chi connectivity index (χ1n) is 11.8. The molecule has 1 amide bonds. The van der Waals surface area contributed by atoms with Crippen LogP contribution in [0.25, 0.3) is 11.1 Å². The monoisotopic (exact) mass is 479 g/mol. The van der Waals surface area contributed by atoms with Gasteiger partial charge in [-0.3, -0.25) is 4.79 Å². The van der Waals surface area contributed by atoms with Crippen LogP contribution in [0.1, 0.15) is 59.3 Å². The zero-order valence-corrected chi connectivity index (χ0v) is 20.5. The smallest absolute Gasteiger partial charge is 0.326 e. The third-order valence-electron chi connectivity index (χ3n) is 6.01. The summed E-state index contributed by atoms with van der Waals surface area (Å²) in [6.45, 7) is 2.01. The van der Waals surface area contributed by atoms with Gasteiger partial charge in [0.1, 0.15) is 6.04 Å². The molecule has 0 saturated carbocycles. The van der Waals surface area contributed by atoms with Crippen molar-refractivity contribution in [3.05, 3.63) is 77.4 Å². The molecule has 180 valence electrons. The van der Waals surface area contributed by atoms with Crippen molar-refractivity contribution >= 4 is 24.5 Å². The number of unbranched alkanes of at least 4 members (excludes halogenated alkanes) is 3. The maximum absolute atomic E-state index is 13.3. The summed E-state index contributed by atoms with van der Waals surface area (Å²) in [5.74, 6) is -0.532. The van der Waals surface area contributed by atoms with Crippen molar-refractivity contribution in [1.29, 1.82) is 0 Å². The maximum Gasteiger partial charge on any atom is 0.326 e. The van der Waals surface area contributed by atoms with Crippen molar-refractivity contribution in [2.45, 2.75) is 57.9 Å². The van der Waals surface area contributed by atoms with E-state index in [4.69, 9.17) is 0 Å². The zero-order valence-electron chi connectivity index (χ0n) is 19.6. The molecular formula is C27H33N3O3S. The number of hydrogen-bond acceptors (Lipinski definition) is 4. The van der Waals surface area contributed by atoms with Crippen LogP contribution in [0, 0.1) is 6.92 Å². The fourth-order valence-corrected chi connectivity index (χ4v) is 4.27. The molecule has 3 N–H and O–H groups in total. The van der Waals surface area contributed by atoms with E-state index in [1.54, 1.807) is 6.33 Å². The molecule has 0 aliphatic heterocycles. The Morgan fingerprint density at radius 2 is 1.85 bits per heavy atom. The quantitative estimate of drug-likeness (QED) is 0.199. The van der Waals surface area contributed by atoms with Crippen LogP contribution < -0.4 is 5.32 Å². The standard InChI is InChI=1S/C27H33N3O3S/c1-19-8-5-6-9-22(19)24-16-20(11-13-21-17-28-18-29-21)12-14-23(24)26(31)30-25(27(32)33)10-4-2-3-7-15-34/h5-6,8-9,12,14,16-18,25,34H,2-4,7,10-11,13,15H2,1H3,(H,28,29)(H,30,31)(H,32,33). The normalized spacial score (nSPS) is 11.8. The van der Waals surface area contributed by atoms with E-state index in [1.807, 2.05) is 55.6 Å². The number of hydrogen-bond donors (Lipinski definition) is 4. The summed E-state index contributed by atoms with van der Waals surface area (Å²) < 4.78 is 0. The fraction of sp³-hybridized carbons (Fsp3) is 0.370. The Kier molecular flexibility index (Phi) is 9.76. The molecule has 1 unspecified atom stereocenters. The molecule has 34 heavy (non-hydrogen) atoms. The number of H-pyrrole nitrogens is 1. The molecule has 3 rings (SSSR count). The molecule has 0 aliphatic carbocycles. The first-order valence-corrected chi connectivity index (χ1v) is 12.4. The fourth-order valence-electron chi connectivity index (χ4n) is 4.05. The van der Waals surface area contributed by atoms with Crippen molar-refractivity contribution in [3.63, 3.8) is 0 Å². The van der Waals surface area contributed by atoms with Crippen LogP contribution >= 0.6 is 12.6 Å². The molecule has 1 atom stereocenters. The van der Waals surface area contributed by atoms with Gasteiger partial charge in [0.2, 0.25) is 0 Å². The minimum Gasteiger partial charge on any atom is -0.480 e. The summed E-state index contributed by atoms with van der Waals surface area (Å²) in [6, 6.07) is 12.8. The van der Waals surface area contributed by atoms with Gasteiger partial charge in [-0.2, -0.15) is 12.6 Å². The lowest BCUT2D eigenvalue weighted by atomic mass is 9.92. The number of aromatic amines is 1. The summed E-state index contributed by atoms with van der Waals surface area (Å²) in [4.78, 5) is 32.3. The van der Waals surface area contributed by atoms with Gasteiger partial charge in [-0.1, -0.05) is 55.7 Å². The van der Waals surface area contributed by atoms with Crippen LogP contribution in [-0.2, 0) is 17.6 Å². The molecule has 0 radical (unpaired) electrons. The number of nitrogens with zero attached hydrogens (tertiary/aromatic N) is 1. The lowest BCUT2D eigenvalue weighted by Gasteiger charge is -2.18. The van der Waals surface area contributed by atoms with E-state index in [9.17, 15) is 14.7 Å². The number of carbonyl (C=O) groups excluding carboxylic acids is 1. The Hall–Kier alpha value is -3.06. The molecule has 0 saturated heterocycles. The van der Waals surface area contributed by atoms with Gasteiger partial charge in [-0.15, -0.1) is 0 Å². The number of thiol groups is 1.